The van der Waals surface area contributed by atoms with Crippen LogP contribution in [0, 0.1) is 0 Å². The molecule has 0 radical (unpaired) electrons. The molecule has 0 spiro atoms. The van der Waals surface area contributed by atoms with E-state index in [2.05, 4.69) is 19.0 Å². The predicted octanol–water partition coefficient (Wildman–Crippen LogP) is 1.27. The molecule has 4 heteroatoms. The second-order valence-corrected chi connectivity index (χ2v) is 3.19. The van der Waals surface area contributed by atoms with Crippen LogP contribution in [0.25, 0.3) is 0 Å². The summed E-state index contributed by atoms with van der Waals surface area (Å²) >= 11 is 0. The Morgan fingerprint density at radius 2 is 1.73 bits per heavy atom. The van der Waals surface area contributed by atoms with Crippen molar-refractivity contribution in [2.75, 3.05) is 14.1 Å². The zero-order valence-electron chi connectivity index (χ0n) is 7.12. The lowest BCUT2D eigenvalue weighted by atomic mass is 10.2. The first-order chi connectivity index (χ1) is 4.20. The Morgan fingerprint density at radius 1 is 1.18 bits per heavy atom. The normalized spacial score (nSPS) is 29.5. The number of nitrogens with zero attached hydrogens (tertiary/aromatic N) is 1. The molecular weight excluding hydrogens is 183 g/mol. The molecule has 0 aromatic carbocycles. The van der Waals surface area contributed by atoms with Gasteiger partial charge in [0.1, 0.15) is 0 Å². The second-order valence-electron chi connectivity index (χ2n) is 3.19. The smallest absolute Gasteiger partial charge is 0.0104 e. The summed E-state index contributed by atoms with van der Waals surface area (Å²) in [6.07, 6.45) is 3.68. The Labute approximate surface area is 81.3 Å². The number of nitrogens with two attached hydrogens (primary N) is 1. The number of hydrogen-bond donors (Lipinski definition) is 1. The Kier molecular flexibility index (Phi) is 7.75. The minimum absolute atomic E-state index is 0. The van der Waals surface area contributed by atoms with Crippen molar-refractivity contribution in [3.8, 4) is 0 Å². The van der Waals surface area contributed by atoms with Gasteiger partial charge in [0.25, 0.3) is 0 Å². The molecule has 1 saturated carbocycles. The van der Waals surface area contributed by atoms with Crippen molar-refractivity contribution in [1.82, 2.24) is 4.90 Å². The molecule has 0 heterocycles. The Hall–Kier alpha value is 0.500. The second kappa shape index (κ2) is 6.06. The summed E-state index contributed by atoms with van der Waals surface area (Å²) in [4.78, 5) is 2.27. The number of halogens is 2. The average Bonchev–Trinajstić information content (AvgIpc) is 2.14. The number of rotatable bonds is 1. The van der Waals surface area contributed by atoms with Gasteiger partial charge in [0.2, 0.25) is 0 Å². The van der Waals surface area contributed by atoms with Crippen LogP contribution in [0.1, 0.15) is 19.3 Å². The van der Waals surface area contributed by atoms with Gasteiger partial charge in [-0.15, -0.1) is 24.8 Å². The molecule has 11 heavy (non-hydrogen) atoms. The van der Waals surface area contributed by atoms with Crippen LogP contribution in [0.3, 0.4) is 0 Å². The predicted molar refractivity (Wildman–Crippen MR) is 53.8 cm³/mol. The third kappa shape index (κ3) is 4.16. The van der Waals surface area contributed by atoms with E-state index >= 15 is 0 Å². The molecule has 70 valence electrons. The molecule has 2 nitrogen and oxygen atoms in total. The maximum absolute atomic E-state index is 5.74. The zero-order valence-corrected chi connectivity index (χ0v) is 8.75. The standard InChI is InChI=1S/C7H16N2.2ClH/c1-9(2)7-4-3-6(8)5-7;;/h6-7H,3-5,8H2,1-2H3;2*1H/t6-,7+;;/m0../s1. The Balaban J connectivity index is 0. The lowest BCUT2D eigenvalue weighted by molar-refractivity contribution is 0.297. The molecular formula is C7H18Cl2N2. The highest BCUT2D eigenvalue weighted by atomic mass is 35.5. The highest BCUT2D eigenvalue weighted by Crippen LogP contribution is 2.20. The van der Waals surface area contributed by atoms with Gasteiger partial charge in [-0.3, -0.25) is 0 Å². The van der Waals surface area contributed by atoms with Crippen molar-refractivity contribution >= 4 is 24.8 Å². The Bertz CT molecular complexity index is 98.4. The first-order valence-corrected chi connectivity index (χ1v) is 3.62. The summed E-state index contributed by atoms with van der Waals surface area (Å²) in [5.74, 6) is 0. The van der Waals surface area contributed by atoms with Crippen LogP contribution in [0.2, 0.25) is 0 Å². The van der Waals surface area contributed by atoms with Crippen LogP contribution < -0.4 is 5.73 Å². The van der Waals surface area contributed by atoms with Gasteiger partial charge in [-0.05, 0) is 33.4 Å². The molecule has 0 bridgehead atoms. The molecule has 1 aliphatic rings. The van der Waals surface area contributed by atoms with Gasteiger partial charge >= 0.3 is 0 Å². The van der Waals surface area contributed by atoms with Crippen LogP contribution >= 0.6 is 24.8 Å². The van der Waals surface area contributed by atoms with Crippen molar-refractivity contribution in [3.63, 3.8) is 0 Å². The highest BCUT2D eigenvalue weighted by Gasteiger charge is 2.22. The minimum atomic E-state index is 0. The van der Waals surface area contributed by atoms with E-state index in [0.717, 1.165) is 6.04 Å². The summed E-state index contributed by atoms with van der Waals surface area (Å²) in [6.45, 7) is 0. The monoisotopic (exact) mass is 200 g/mol. The Morgan fingerprint density at radius 3 is 1.91 bits per heavy atom. The highest BCUT2D eigenvalue weighted by molar-refractivity contribution is 5.85. The molecule has 0 unspecified atom stereocenters. The molecule has 0 amide bonds. The molecule has 1 aliphatic carbocycles. The lowest BCUT2D eigenvalue weighted by Gasteiger charge is -2.17. The van der Waals surface area contributed by atoms with Crippen LogP contribution in [0.15, 0.2) is 0 Å². The van der Waals surface area contributed by atoms with Crippen LogP contribution in [0.5, 0.6) is 0 Å². The molecule has 2 N–H and O–H groups in total. The van der Waals surface area contributed by atoms with Crippen molar-refractivity contribution in [3.05, 3.63) is 0 Å². The summed E-state index contributed by atoms with van der Waals surface area (Å²) < 4.78 is 0. The minimum Gasteiger partial charge on any atom is -0.328 e. The molecule has 0 aliphatic heterocycles. The van der Waals surface area contributed by atoms with E-state index in [1.165, 1.54) is 19.3 Å². The van der Waals surface area contributed by atoms with Crippen molar-refractivity contribution < 1.29 is 0 Å². The van der Waals surface area contributed by atoms with Gasteiger partial charge in [0, 0.05) is 12.1 Å². The van der Waals surface area contributed by atoms with E-state index in [1.807, 2.05) is 0 Å². The summed E-state index contributed by atoms with van der Waals surface area (Å²) in [5, 5.41) is 0. The van der Waals surface area contributed by atoms with Crippen LogP contribution in [0.4, 0.5) is 0 Å². The third-order valence-corrected chi connectivity index (χ3v) is 2.18. The molecule has 0 aromatic heterocycles. The maximum atomic E-state index is 5.74. The maximum Gasteiger partial charge on any atom is 0.0104 e. The first-order valence-electron chi connectivity index (χ1n) is 3.62. The van der Waals surface area contributed by atoms with Crippen LogP contribution in [-0.4, -0.2) is 31.1 Å². The molecule has 0 saturated heterocycles. The van der Waals surface area contributed by atoms with Gasteiger partial charge in [-0.2, -0.15) is 0 Å². The molecule has 2 atom stereocenters. The zero-order chi connectivity index (χ0) is 6.85. The van der Waals surface area contributed by atoms with E-state index in [1.54, 1.807) is 0 Å². The molecule has 1 rings (SSSR count). The lowest BCUT2D eigenvalue weighted by Crippen LogP contribution is -2.27. The van der Waals surface area contributed by atoms with E-state index in [0.29, 0.717) is 6.04 Å². The van der Waals surface area contributed by atoms with E-state index in [-0.39, 0.29) is 24.8 Å². The quantitative estimate of drug-likeness (QED) is 0.692. The first kappa shape index (κ1) is 14.0. The molecule has 0 aromatic rings. The molecule has 1 fully saturated rings. The van der Waals surface area contributed by atoms with E-state index in [9.17, 15) is 0 Å². The summed E-state index contributed by atoms with van der Waals surface area (Å²) in [6, 6.07) is 1.22. The van der Waals surface area contributed by atoms with Gasteiger partial charge < -0.3 is 10.6 Å². The van der Waals surface area contributed by atoms with Gasteiger partial charge in [0.15, 0.2) is 0 Å². The topological polar surface area (TPSA) is 29.3 Å². The SMILES string of the molecule is CN(C)[C@@H]1CC[C@H](N)C1.Cl.Cl. The largest absolute Gasteiger partial charge is 0.328 e. The third-order valence-electron chi connectivity index (χ3n) is 2.18. The van der Waals surface area contributed by atoms with E-state index < -0.39 is 0 Å². The van der Waals surface area contributed by atoms with Crippen LogP contribution in [-0.2, 0) is 0 Å². The average molecular weight is 201 g/mol. The number of hydrogen-bond acceptors (Lipinski definition) is 2. The van der Waals surface area contributed by atoms with Crippen molar-refractivity contribution in [1.29, 1.82) is 0 Å². The van der Waals surface area contributed by atoms with Crippen molar-refractivity contribution in [2.45, 2.75) is 31.3 Å². The summed E-state index contributed by atoms with van der Waals surface area (Å²) in [7, 11) is 4.26. The summed E-state index contributed by atoms with van der Waals surface area (Å²) in [5.41, 5.74) is 5.74. The van der Waals surface area contributed by atoms with Gasteiger partial charge in [-0.25, -0.2) is 0 Å². The fraction of sp³-hybridized carbons (Fsp3) is 1.00. The fourth-order valence-corrected chi connectivity index (χ4v) is 1.46. The fourth-order valence-electron chi connectivity index (χ4n) is 1.46. The van der Waals surface area contributed by atoms with Gasteiger partial charge in [0.05, 0.1) is 0 Å². The van der Waals surface area contributed by atoms with Crippen molar-refractivity contribution in [2.24, 2.45) is 5.73 Å². The van der Waals surface area contributed by atoms with Gasteiger partial charge in [-0.1, -0.05) is 0 Å². The van der Waals surface area contributed by atoms with E-state index in [4.69, 9.17) is 5.73 Å².